The molecule has 0 aliphatic heterocycles. The van der Waals surface area contributed by atoms with Gasteiger partial charge in [0.2, 0.25) is 5.60 Å². The molecule has 0 bridgehead atoms. The lowest BCUT2D eigenvalue weighted by atomic mass is 9.77. The van der Waals surface area contributed by atoms with E-state index in [1.165, 1.54) is 14.2 Å². The molecule has 0 heterocycles. The fourth-order valence-corrected chi connectivity index (χ4v) is 3.78. The molecule has 0 spiro atoms. The van der Waals surface area contributed by atoms with Gasteiger partial charge in [-0.2, -0.15) is 0 Å². The van der Waals surface area contributed by atoms with Gasteiger partial charge in [0.25, 0.3) is 0 Å². The number of methoxy groups -OCH3 is 2. The van der Waals surface area contributed by atoms with Crippen molar-refractivity contribution < 1.29 is 28.6 Å². The zero-order chi connectivity index (χ0) is 23.7. The van der Waals surface area contributed by atoms with Crippen molar-refractivity contribution in [2.24, 2.45) is 5.92 Å². The Hall–Kier alpha value is -3.77. The van der Waals surface area contributed by atoms with Crippen molar-refractivity contribution in [2.45, 2.75) is 18.6 Å². The predicted molar refractivity (Wildman–Crippen MR) is 122 cm³/mol. The number of ether oxygens (including phenoxy) is 3. The van der Waals surface area contributed by atoms with Crippen LogP contribution in [0.25, 0.3) is 0 Å². The lowest BCUT2D eigenvalue weighted by molar-refractivity contribution is -0.192. The molecule has 3 aromatic rings. The first-order valence-corrected chi connectivity index (χ1v) is 10.5. The summed E-state index contributed by atoms with van der Waals surface area (Å²) in [6.45, 7) is 0.0118. The molecule has 0 fully saturated rings. The van der Waals surface area contributed by atoms with Gasteiger partial charge in [-0.15, -0.1) is 0 Å². The third kappa shape index (κ3) is 5.35. The second-order valence-electron chi connectivity index (χ2n) is 7.44. The summed E-state index contributed by atoms with van der Waals surface area (Å²) in [5.74, 6) is -3.14. The third-order valence-electron chi connectivity index (χ3n) is 5.46. The summed E-state index contributed by atoms with van der Waals surface area (Å²) in [6, 6.07) is 26.4. The van der Waals surface area contributed by atoms with Gasteiger partial charge in [-0.25, -0.2) is 4.79 Å². The molecule has 0 amide bonds. The van der Waals surface area contributed by atoms with Gasteiger partial charge in [-0.3, -0.25) is 9.59 Å². The summed E-state index contributed by atoms with van der Waals surface area (Å²) in [7, 11) is 2.44. The van der Waals surface area contributed by atoms with Crippen LogP contribution in [0.3, 0.4) is 0 Å². The first kappa shape index (κ1) is 23.9. The average molecular weight is 446 g/mol. The first-order chi connectivity index (χ1) is 16.0. The Bertz CT molecular complexity index is 1070. The maximum atomic E-state index is 13.4. The van der Waals surface area contributed by atoms with Crippen LogP contribution < -0.4 is 0 Å². The zero-order valence-electron chi connectivity index (χ0n) is 18.6. The molecular formula is C27H26O6. The molecule has 3 rings (SSSR count). The molecule has 0 N–H and O–H groups in total. The lowest BCUT2D eigenvalue weighted by Crippen LogP contribution is -2.50. The maximum Gasteiger partial charge on any atom is 0.343 e. The van der Waals surface area contributed by atoms with Gasteiger partial charge >= 0.3 is 11.9 Å². The van der Waals surface area contributed by atoms with E-state index >= 15 is 0 Å². The van der Waals surface area contributed by atoms with E-state index in [9.17, 15) is 14.4 Å². The highest BCUT2D eigenvalue weighted by Gasteiger charge is 2.54. The second-order valence-corrected chi connectivity index (χ2v) is 7.44. The topological polar surface area (TPSA) is 78.9 Å². The SMILES string of the molecule is COC(=O)[C@@H](CC(=O)c1ccccc1)[C@](OCc1ccccc1)(C(=O)OC)c1ccccc1. The zero-order valence-corrected chi connectivity index (χ0v) is 18.6. The van der Waals surface area contributed by atoms with Crippen LogP contribution in [0, 0.1) is 5.92 Å². The van der Waals surface area contributed by atoms with Gasteiger partial charge < -0.3 is 14.2 Å². The minimum atomic E-state index is -1.90. The number of ketones is 1. The van der Waals surface area contributed by atoms with Crippen LogP contribution in [-0.2, 0) is 36.0 Å². The molecule has 0 radical (unpaired) electrons. The molecule has 6 heteroatoms. The Labute approximate surface area is 193 Å². The molecule has 33 heavy (non-hydrogen) atoms. The highest BCUT2D eigenvalue weighted by molar-refractivity contribution is 6.00. The molecule has 170 valence electrons. The van der Waals surface area contributed by atoms with Crippen molar-refractivity contribution in [1.82, 2.24) is 0 Å². The lowest BCUT2D eigenvalue weighted by Gasteiger charge is -2.37. The van der Waals surface area contributed by atoms with Crippen LogP contribution in [0.5, 0.6) is 0 Å². The largest absolute Gasteiger partial charge is 0.469 e. The highest BCUT2D eigenvalue weighted by atomic mass is 16.6. The monoisotopic (exact) mass is 446 g/mol. The molecule has 0 aliphatic rings. The van der Waals surface area contributed by atoms with Gasteiger partial charge in [-0.1, -0.05) is 91.0 Å². The summed E-state index contributed by atoms with van der Waals surface area (Å²) in [5, 5.41) is 0. The highest BCUT2D eigenvalue weighted by Crippen LogP contribution is 2.40. The second kappa shape index (κ2) is 11.2. The van der Waals surface area contributed by atoms with Crippen LogP contribution in [0.15, 0.2) is 91.0 Å². The van der Waals surface area contributed by atoms with Gasteiger partial charge in [0.05, 0.1) is 20.8 Å². The van der Waals surface area contributed by atoms with E-state index in [0.29, 0.717) is 11.1 Å². The Morgan fingerprint density at radius 3 is 1.85 bits per heavy atom. The number of hydrogen-bond donors (Lipinski definition) is 0. The standard InChI is InChI=1S/C27H26O6/c1-31-25(29)23(18-24(28)21-14-8-4-9-15-21)27(26(30)32-2,22-16-10-5-11-17-22)33-19-20-12-6-3-7-13-20/h3-17,23H,18-19H2,1-2H3/t23-,27+/m1/s1. The van der Waals surface area contributed by atoms with E-state index in [-0.39, 0.29) is 18.8 Å². The molecule has 6 nitrogen and oxygen atoms in total. The molecule has 0 unspecified atom stereocenters. The normalized spacial score (nSPS) is 13.4. The van der Waals surface area contributed by atoms with Gasteiger partial charge in [-0.05, 0) is 11.1 Å². The fraction of sp³-hybridized carbons (Fsp3) is 0.222. The van der Waals surface area contributed by atoms with Crippen LogP contribution in [0.2, 0.25) is 0 Å². The van der Waals surface area contributed by atoms with Crippen molar-refractivity contribution >= 4 is 17.7 Å². The fourth-order valence-electron chi connectivity index (χ4n) is 3.78. The minimum absolute atomic E-state index is 0.0118. The van der Waals surface area contributed by atoms with Gasteiger partial charge in [0, 0.05) is 12.0 Å². The quantitative estimate of drug-likeness (QED) is 0.341. The Kier molecular flexibility index (Phi) is 8.11. The maximum absolute atomic E-state index is 13.4. The summed E-state index contributed by atoms with van der Waals surface area (Å²) in [6.07, 6.45) is -0.310. The minimum Gasteiger partial charge on any atom is -0.469 e. The van der Waals surface area contributed by atoms with E-state index in [4.69, 9.17) is 14.2 Å². The third-order valence-corrected chi connectivity index (χ3v) is 5.46. The summed E-state index contributed by atoms with van der Waals surface area (Å²) >= 11 is 0. The number of rotatable bonds is 10. The summed E-state index contributed by atoms with van der Waals surface area (Å²) < 4.78 is 16.4. The van der Waals surface area contributed by atoms with Gasteiger partial charge in [0.15, 0.2) is 5.78 Å². The van der Waals surface area contributed by atoms with Gasteiger partial charge in [0.1, 0.15) is 5.92 Å². The van der Waals surface area contributed by atoms with Crippen molar-refractivity contribution in [3.8, 4) is 0 Å². The number of esters is 2. The Morgan fingerprint density at radius 2 is 1.30 bits per heavy atom. The Balaban J connectivity index is 2.12. The first-order valence-electron chi connectivity index (χ1n) is 10.5. The summed E-state index contributed by atoms with van der Waals surface area (Å²) in [4.78, 5) is 39.6. The average Bonchev–Trinajstić information content (AvgIpc) is 2.89. The number of carbonyl (C=O) groups is 3. The molecule has 0 saturated carbocycles. The number of benzene rings is 3. The molecule has 0 aliphatic carbocycles. The van der Waals surface area contributed by atoms with Crippen molar-refractivity contribution in [3.63, 3.8) is 0 Å². The smallest absolute Gasteiger partial charge is 0.343 e. The van der Waals surface area contributed by atoms with E-state index in [1.807, 2.05) is 30.3 Å². The van der Waals surface area contributed by atoms with E-state index in [1.54, 1.807) is 60.7 Å². The van der Waals surface area contributed by atoms with Crippen molar-refractivity contribution in [1.29, 1.82) is 0 Å². The van der Waals surface area contributed by atoms with Crippen molar-refractivity contribution in [3.05, 3.63) is 108 Å². The van der Waals surface area contributed by atoms with Crippen LogP contribution >= 0.6 is 0 Å². The molecular weight excluding hydrogens is 420 g/mol. The van der Waals surface area contributed by atoms with Crippen LogP contribution in [-0.4, -0.2) is 31.9 Å². The summed E-state index contributed by atoms with van der Waals surface area (Å²) in [5.41, 5.74) is -0.298. The van der Waals surface area contributed by atoms with E-state index < -0.39 is 23.5 Å². The predicted octanol–water partition coefficient (Wildman–Crippen LogP) is 4.33. The van der Waals surface area contributed by atoms with Crippen LogP contribution in [0.1, 0.15) is 27.9 Å². The van der Waals surface area contributed by atoms with E-state index in [0.717, 1.165) is 5.56 Å². The Morgan fingerprint density at radius 1 is 0.758 bits per heavy atom. The van der Waals surface area contributed by atoms with E-state index in [2.05, 4.69) is 0 Å². The number of Topliss-reactive ketones (excluding diaryl/α,β-unsaturated/α-hetero) is 1. The molecule has 2 atom stereocenters. The van der Waals surface area contributed by atoms with Crippen LogP contribution in [0.4, 0.5) is 0 Å². The molecule has 0 aromatic heterocycles. The number of carbonyl (C=O) groups excluding carboxylic acids is 3. The molecule has 0 saturated heterocycles. The van der Waals surface area contributed by atoms with Crippen molar-refractivity contribution in [2.75, 3.05) is 14.2 Å². The number of hydrogen-bond acceptors (Lipinski definition) is 6. The molecule has 3 aromatic carbocycles.